The van der Waals surface area contributed by atoms with Crippen molar-refractivity contribution in [2.45, 2.75) is 25.9 Å². The Bertz CT molecular complexity index is 102. The molecule has 2 atom stereocenters. The summed E-state index contributed by atoms with van der Waals surface area (Å²) in [6, 6.07) is 0.984. The lowest BCUT2D eigenvalue weighted by molar-refractivity contribution is 0.0122. The van der Waals surface area contributed by atoms with Crippen molar-refractivity contribution in [1.29, 1.82) is 0 Å². The molecular formula is C6H13NOS2. The maximum Gasteiger partial charge on any atom is 0.0629 e. The summed E-state index contributed by atoms with van der Waals surface area (Å²) in [7, 11) is 1.51. The fraction of sp³-hybridized carbons (Fsp3) is 1.00. The molecule has 4 heteroatoms. The second kappa shape index (κ2) is 3.85. The Morgan fingerprint density at radius 1 is 1.40 bits per heavy atom. The molecule has 1 saturated heterocycles. The first-order valence-corrected chi connectivity index (χ1v) is 5.26. The highest BCUT2D eigenvalue weighted by Gasteiger charge is 2.24. The molecule has 0 aromatic carbocycles. The van der Waals surface area contributed by atoms with Crippen LogP contribution in [0.15, 0.2) is 0 Å². The molecule has 0 aromatic rings. The van der Waals surface area contributed by atoms with E-state index in [1.54, 1.807) is 0 Å². The van der Waals surface area contributed by atoms with Crippen LogP contribution in [0.25, 0.3) is 0 Å². The van der Waals surface area contributed by atoms with Crippen molar-refractivity contribution in [3.05, 3.63) is 0 Å². The van der Waals surface area contributed by atoms with Crippen LogP contribution in [0.2, 0.25) is 0 Å². The molecule has 0 saturated carbocycles. The highest BCUT2D eigenvalue weighted by atomic mass is 33.1. The van der Waals surface area contributed by atoms with Crippen molar-refractivity contribution in [1.82, 2.24) is 4.31 Å². The smallest absolute Gasteiger partial charge is 0.0629 e. The fourth-order valence-corrected chi connectivity index (χ4v) is 2.56. The number of nitrogens with zero attached hydrogens (tertiary/aromatic N) is 1. The average Bonchev–Trinajstić information content (AvgIpc) is 1.88. The van der Waals surface area contributed by atoms with Gasteiger partial charge in [0.25, 0.3) is 0 Å². The molecule has 10 heavy (non-hydrogen) atoms. The lowest BCUT2D eigenvalue weighted by atomic mass is 10.2. The van der Waals surface area contributed by atoms with Gasteiger partial charge in [-0.15, -0.1) is 0 Å². The second-order valence-electron chi connectivity index (χ2n) is 2.68. The van der Waals surface area contributed by atoms with Gasteiger partial charge in [0.05, 0.1) is 13.2 Å². The Balaban J connectivity index is 2.45. The molecule has 60 valence electrons. The molecule has 1 heterocycles. The van der Waals surface area contributed by atoms with Gasteiger partial charge in [-0.2, -0.15) is 0 Å². The van der Waals surface area contributed by atoms with E-state index in [0.717, 1.165) is 13.2 Å². The zero-order valence-electron chi connectivity index (χ0n) is 6.28. The SMILES string of the molecule is C[C@@H]1COC[C@H](C)N1SS. The van der Waals surface area contributed by atoms with Crippen LogP contribution in [-0.4, -0.2) is 29.6 Å². The van der Waals surface area contributed by atoms with E-state index in [9.17, 15) is 0 Å². The number of hydrogen-bond acceptors (Lipinski definition) is 4. The molecule has 0 aromatic heterocycles. The molecule has 0 aliphatic carbocycles. The van der Waals surface area contributed by atoms with Gasteiger partial charge in [-0.1, -0.05) is 11.7 Å². The summed E-state index contributed by atoms with van der Waals surface area (Å²) >= 11 is 4.17. The molecule has 0 N–H and O–H groups in total. The number of thiol groups is 1. The summed E-state index contributed by atoms with van der Waals surface area (Å²) < 4.78 is 7.59. The molecule has 0 unspecified atom stereocenters. The zero-order chi connectivity index (χ0) is 7.56. The molecule has 1 rings (SSSR count). The standard InChI is InChI=1S/C6H13NOS2/c1-5-3-8-4-6(2)7(5)10-9/h5-6,9H,3-4H2,1-2H3/t5-,6+. The Kier molecular flexibility index (Phi) is 3.36. The normalized spacial score (nSPS) is 36.3. The van der Waals surface area contributed by atoms with Crippen LogP contribution in [0, 0.1) is 0 Å². The fourth-order valence-electron chi connectivity index (χ4n) is 1.15. The van der Waals surface area contributed by atoms with Gasteiger partial charge in [-0.25, -0.2) is 4.31 Å². The topological polar surface area (TPSA) is 12.5 Å². The van der Waals surface area contributed by atoms with Crippen LogP contribution in [0.4, 0.5) is 0 Å². The van der Waals surface area contributed by atoms with E-state index >= 15 is 0 Å². The van der Waals surface area contributed by atoms with E-state index in [2.05, 4.69) is 29.8 Å². The number of ether oxygens (including phenoxy) is 1. The summed E-state index contributed by atoms with van der Waals surface area (Å²) in [6.07, 6.45) is 0. The molecule has 0 amide bonds. The highest BCUT2D eigenvalue weighted by Crippen LogP contribution is 2.24. The Morgan fingerprint density at radius 2 is 1.90 bits per heavy atom. The molecule has 1 aliphatic rings. The molecule has 1 fully saturated rings. The van der Waals surface area contributed by atoms with Crippen LogP contribution in [-0.2, 0) is 4.74 Å². The molecule has 0 spiro atoms. The number of hydrogen-bond donors (Lipinski definition) is 1. The third-order valence-corrected chi connectivity index (χ3v) is 3.16. The van der Waals surface area contributed by atoms with Crippen molar-refractivity contribution in [2.24, 2.45) is 0 Å². The Labute approximate surface area is 71.2 Å². The van der Waals surface area contributed by atoms with Gasteiger partial charge in [0.15, 0.2) is 0 Å². The first kappa shape index (κ1) is 8.71. The summed E-state index contributed by atoms with van der Waals surface area (Å²) in [6.45, 7) is 5.97. The number of rotatable bonds is 1. The third kappa shape index (κ3) is 1.81. The van der Waals surface area contributed by atoms with Crippen molar-refractivity contribution < 1.29 is 4.74 Å². The van der Waals surface area contributed by atoms with Gasteiger partial charge in [0.2, 0.25) is 0 Å². The van der Waals surface area contributed by atoms with Crippen molar-refractivity contribution in [2.75, 3.05) is 13.2 Å². The Hall–Kier alpha value is 0.620. The molecular weight excluding hydrogens is 166 g/mol. The van der Waals surface area contributed by atoms with Crippen LogP contribution in [0.1, 0.15) is 13.8 Å². The maximum absolute atomic E-state index is 5.34. The van der Waals surface area contributed by atoms with E-state index < -0.39 is 0 Å². The third-order valence-electron chi connectivity index (χ3n) is 1.68. The molecule has 0 bridgehead atoms. The largest absolute Gasteiger partial charge is 0.378 e. The van der Waals surface area contributed by atoms with Gasteiger partial charge < -0.3 is 4.74 Å². The van der Waals surface area contributed by atoms with Gasteiger partial charge in [0.1, 0.15) is 0 Å². The predicted octanol–water partition coefficient (Wildman–Crippen LogP) is 1.59. The van der Waals surface area contributed by atoms with Crippen LogP contribution >= 0.6 is 22.6 Å². The van der Waals surface area contributed by atoms with Crippen LogP contribution < -0.4 is 0 Å². The lowest BCUT2D eigenvalue weighted by Crippen LogP contribution is -2.44. The summed E-state index contributed by atoms with van der Waals surface area (Å²) in [5.74, 6) is 0. The zero-order valence-corrected chi connectivity index (χ0v) is 7.99. The minimum absolute atomic E-state index is 0.492. The minimum Gasteiger partial charge on any atom is -0.378 e. The lowest BCUT2D eigenvalue weighted by Gasteiger charge is -2.35. The van der Waals surface area contributed by atoms with E-state index in [0.29, 0.717) is 12.1 Å². The van der Waals surface area contributed by atoms with Gasteiger partial charge in [-0.05, 0) is 24.8 Å². The number of morpholine rings is 1. The highest BCUT2D eigenvalue weighted by molar-refractivity contribution is 8.67. The minimum atomic E-state index is 0.492. The summed E-state index contributed by atoms with van der Waals surface area (Å²) in [5, 5.41) is 0. The van der Waals surface area contributed by atoms with Gasteiger partial charge >= 0.3 is 0 Å². The first-order valence-electron chi connectivity index (χ1n) is 3.43. The van der Waals surface area contributed by atoms with E-state index in [-0.39, 0.29) is 0 Å². The molecule has 2 nitrogen and oxygen atoms in total. The van der Waals surface area contributed by atoms with E-state index in [4.69, 9.17) is 4.74 Å². The van der Waals surface area contributed by atoms with Crippen molar-refractivity contribution in [3.63, 3.8) is 0 Å². The quantitative estimate of drug-likeness (QED) is 0.373. The van der Waals surface area contributed by atoms with E-state index in [1.165, 1.54) is 11.0 Å². The first-order chi connectivity index (χ1) is 4.75. The summed E-state index contributed by atoms with van der Waals surface area (Å²) in [5.41, 5.74) is 0. The van der Waals surface area contributed by atoms with Crippen LogP contribution in [0.3, 0.4) is 0 Å². The van der Waals surface area contributed by atoms with Crippen molar-refractivity contribution >= 4 is 22.6 Å². The molecule has 1 aliphatic heterocycles. The summed E-state index contributed by atoms with van der Waals surface area (Å²) in [4.78, 5) is 0. The monoisotopic (exact) mass is 179 g/mol. The second-order valence-corrected chi connectivity index (χ2v) is 3.75. The Morgan fingerprint density at radius 3 is 2.20 bits per heavy atom. The van der Waals surface area contributed by atoms with Crippen LogP contribution in [0.5, 0.6) is 0 Å². The van der Waals surface area contributed by atoms with Gasteiger partial charge in [-0.3, -0.25) is 0 Å². The van der Waals surface area contributed by atoms with Gasteiger partial charge in [0, 0.05) is 12.1 Å². The molecule has 0 radical (unpaired) electrons. The maximum atomic E-state index is 5.34. The van der Waals surface area contributed by atoms with E-state index in [1.807, 2.05) is 0 Å². The average molecular weight is 179 g/mol. The van der Waals surface area contributed by atoms with Crippen molar-refractivity contribution in [3.8, 4) is 0 Å². The predicted molar refractivity (Wildman–Crippen MR) is 48.2 cm³/mol.